The van der Waals surface area contributed by atoms with Gasteiger partial charge in [-0.15, -0.1) is 0 Å². The zero-order valence-corrected chi connectivity index (χ0v) is 13.6. The topological polar surface area (TPSA) is 51.1 Å². The molecule has 1 aromatic carbocycles. The lowest BCUT2D eigenvalue weighted by Crippen LogP contribution is -2.31. The van der Waals surface area contributed by atoms with Crippen molar-refractivity contribution in [3.63, 3.8) is 0 Å². The van der Waals surface area contributed by atoms with Gasteiger partial charge in [0.05, 0.1) is 16.3 Å². The highest BCUT2D eigenvalue weighted by molar-refractivity contribution is 6.33. The fourth-order valence-electron chi connectivity index (χ4n) is 2.08. The molecule has 0 fully saturated rings. The van der Waals surface area contributed by atoms with Crippen molar-refractivity contribution in [3.05, 3.63) is 63.0 Å². The van der Waals surface area contributed by atoms with E-state index in [1.54, 1.807) is 13.0 Å². The Labute approximate surface area is 140 Å². The molecule has 0 aliphatic heterocycles. The fraction of sp³-hybridized carbons (Fsp3) is 0.250. The summed E-state index contributed by atoms with van der Waals surface area (Å²) in [5, 5.41) is 2.31. The van der Waals surface area contributed by atoms with Gasteiger partial charge >= 0.3 is 6.18 Å². The van der Waals surface area contributed by atoms with E-state index in [-0.39, 0.29) is 10.7 Å². The Morgan fingerprint density at radius 3 is 2.54 bits per heavy atom. The summed E-state index contributed by atoms with van der Waals surface area (Å²) in [6.07, 6.45) is -3.05. The zero-order valence-electron chi connectivity index (χ0n) is 12.8. The van der Waals surface area contributed by atoms with Crippen molar-refractivity contribution < 1.29 is 18.0 Å². The minimum absolute atomic E-state index is 0.0276. The first-order valence-electron chi connectivity index (χ1n) is 6.96. The Kier molecular flexibility index (Phi) is 5.03. The highest BCUT2D eigenvalue weighted by atomic mass is 35.5. The Bertz CT molecular complexity index is 831. The van der Waals surface area contributed by atoms with Gasteiger partial charge in [-0.05, 0) is 37.6 Å². The maximum atomic E-state index is 12.8. The quantitative estimate of drug-likeness (QED) is 0.900. The van der Waals surface area contributed by atoms with Crippen LogP contribution in [0.4, 0.5) is 18.9 Å². The second-order valence-electron chi connectivity index (χ2n) is 5.31. The molecule has 8 heteroatoms. The summed E-state index contributed by atoms with van der Waals surface area (Å²) < 4.78 is 39.5. The SMILES string of the molecule is Cc1ccc(=O)n(C(C)C(=O)Nc2cc(C(F)(F)F)ccc2Cl)c1. The van der Waals surface area contributed by atoms with Crippen LogP contribution in [-0.2, 0) is 11.0 Å². The average Bonchev–Trinajstić information content (AvgIpc) is 2.50. The van der Waals surface area contributed by atoms with Gasteiger partial charge in [-0.1, -0.05) is 17.7 Å². The number of amides is 1. The van der Waals surface area contributed by atoms with Crippen LogP contribution in [0.2, 0.25) is 5.02 Å². The number of aromatic nitrogens is 1. The molecule has 1 amide bonds. The van der Waals surface area contributed by atoms with E-state index >= 15 is 0 Å². The molecule has 128 valence electrons. The molecule has 2 aromatic rings. The maximum absolute atomic E-state index is 12.8. The molecule has 1 atom stereocenters. The van der Waals surface area contributed by atoms with Crippen LogP contribution in [0.25, 0.3) is 0 Å². The summed E-state index contributed by atoms with van der Waals surface area (Å²) in [4.78, 5) is 24.1. The highest BCUT2D eigenvalue weighted by Gasteiger charge is 2.31. The second kappa shape index (κ2) is 6.68. The molecule has 1 N–H and O–H groups in total. The van der Waals surface area contributed by atoms with E-state index in [0.717, 1.165) is 23.8 Å². The number of carbonyl (C=O) groups is 1. The van der Waals surface area contributed by atoms with Gasteiger partial charge in [-0.3, -0.25) is 9.59 Å². The van der Waals surface area contributed by atoms with Gasteiger partial charge in [-0.2, -0.15) is 13.2 Å². The van der Waals surface area contributed by atoms with Crippen LogP contribution >= 0.6 is 11.6 Å². The number of alkyl halides is 3. The number of pyridine rings is 1. The lowest BCUT2D eigenvalue weighted by molar-refractivity contribution is -0.137. The van der Waals surface area contributed by atoms with Crippen molar-refractivity contribution in [2.45, 2.75) is 26.1 Å². The van der Waals surface area contributed by atoms with Crippen molar-refractivity contribution in [2.24, 2.45) is 0 Å². The lowest BCUT2D eigenvalue weighted by atomic mass is 10.2. The molecule has 0 aliphatic rings. The number of nitrogens with zero attached hydrogens (tertiary/aromatic N) is 1. The average molecular weight is 359 g/mol. The van der Waals surface area contributed by atoms with E-state index in [4.69, 9.17) is 11.6 Å². The van der Waals surface area contributed by atoms with Gasteiger partial charge in [0.25, 0.3) is 5.56 Å². The second-order valence-corrected chi connectivity index (χ2v) is 5.72. The molecule has 1 heterocycles. The number of hydrogen-bond donors (Lipinski definition) is 1. The highest BCUT2D eigenvalue weighted by Crippen LogP contribution is 2.34. The van der Waals surface area contributed by atoms with Gasteiger partial charge in [0.2, 0.25) is 5.91 Å². The normalized spacial score (nSPS) is 12.8. The Balaban J connectivity index is 2.29. The first kappa shape index (κ1) is 18.1. The summed E-state index contributed by atoms with van der Waals surface area (Å²) in [5.41, 5.74) is -0.712. The fourth-order valence-corrected chi connectivity index (χ4v) is 2.24. The van der Waals surface area contributed by atoms with Gasteiger partial charge in [-0.25, -0.2) is 0 Å². The van der Waals surface area contributed by atoms with E-state index in [1.807, 2.05) is 0 Å². The molecule has 0 saturated heterocycles. The monoisotopic (exact) mass is 358 g/mol. The first-order valence-corrected chi connectivity index (χ1v) is 7.34. The molecule has 0 spiro atoms. The van der Waals surface area contributed by atoms with Gasteiger partial charge in [0, 0.05) is 12.3 Å². The Hall–Kier alpha value is -2.28. The van der Waals surface area contributed by atoms with Crippen molar-refractivity contribution in [1.82, 2.24) is 4.57 Å². The van der Waals surface area contributed by atoms with E-state index in [2.05, 4.69) is 5.32 Å². The molecule has 0 aliphatic carbocycles. The van der Waals surface area contributed by atoms with Crippen LogP contribution in [0.1, 0.15) is 24.1 Å². The summed E-state index contributed by atoms with van der Waals surface area (Å²) in [6, 6.07) is 4.65. The zero-order chi connectivity index (χ0) is 18.1. The standard InChI is InChI=1S/C16H14ClF3N2O2/c1-9-3-6-14(23)22(8-9)10(2)15(24)21-13-7-11(16(18,19)20)4-5-12(13)17/h3-8,10H,1-2H3,(H,21,24). The number of aryl methyl sites for hydroxylation is 1. The van der Waals surface area contributed by atoms with E-state index in [9.17, 15) is 22.8 Å². The third-order valence-electron chi connectivity index (χ3n) is 3.43. The predicted octanol–water partition coefficient (Wildman–Crippen LogP) is 4.03. The number of benzene rings is 1. The molecule has 0 saturated carbocycles. The molecular formula is C16H14ClF3N2O2. The van der Waals surface area contributed by atoms with Crippen LogP contribution in [0.3, 0.4) is 0 Å². The smallest absolute Gasteiger partial charge is 0.323 e. The number of anilines is 1. The summed E-state index contributed by atoms with van der Waals surface area (Å²) in [5.74, 6) is -0.649. The first-order chi connectivity index (χ1) is 11.1. The van der Waals surface area contributed by atoms with Gasteiger partial charge in [0.15, 0.2) is 0 Å². The molecule has 4 nitrogen and oxygen atoms in total. The van der Waals surface area contributed by atoms with Crippen molar-refractivity contribution in [2.75, 3.05) is 5.32 Å². The molecule has 2 rings (SSSR count). The van der Waals surface area contributed by atoms with Crippen LogP contribution in [0, 0.1) is 6.92 Å². The molecular weight excluding hydrogens is 345 g/mol. The molecule has 0 radical (unpaired) electrons. The van der Waals surface area contributed by atoms with Crippen LogP contribution in [0.5, 0.6) is 0 Å². The number of carbonyl (C=O) groups excluding carboxylic acids is 1. The van der Waals surface area contributed by atoms with Crippen LogP contribution in [0.15, 0.2) is 41.3 Å². The minimum Gasteiger partial charge on any atom is -0.323 e. The van der Waals surface area contributed by atoms with Gasteiger partial charge < -0.3 is 9.88 Å². The van der Waals surface area contributed by atoms with E-state index in [0.29, 0.717) is 0 Å². The summed E-state index contributed by atoms with van der Waals surface area (Å²) in [6.45, 7) is 3.22. The number of rotatable bonds is 3. The minimum atomic E-state index is -4.55. The van der Waals surface area contributed by atoms with Gasteiger partial charge in [0.1, 0.15) is 6.04 Å². The maximum Gasteiger partial charge on any atom is 0.416 e. The summed E-state index contributed by atoms with van der Waals surface area (Å²) in [7, 11) is 0. The number of hydrogen-bond acceptors (Lipinski definition) is 2. The number of halogens is 4. The summed E-state index contributed by atoms with van der Waals surface area (Å²) >= 11 is 5.85. The third kappa shape index (κ3) is 3.97. The Morgan fingerprint density at radius 1 is 1.25 bits per heavy atom. The predicted molar refractivity (Wildman–Crippen MR) is 85.2 cm³/mol. The van der Waals surface area contributed by atoms with Crippen LogP contribution in [-0.4, -0.2) is 10.5 Å². The van der Waals surface area contributed by atoms with Crippen molar-refractivity contribution in [1.29, 1.82) is 0 Å². The van der Waals surface area contributed by atoms with Crippen LogP contribution < -0.4 is 10.9 Å². The van der Waals surface area contributed by atoms with Crippen molar-refractivity contribution in [3.8, 4) is 0 Å². The largest absolute Gasteiger partial charge is 0.416 e. The van der Waals surface area contributed by atoms with Crippen molar-refractivity contribution >= 4 is 23.2 Å². The molecule has 0 bridgehead atoms. The lowest BCUT2D eigenvalue weighted by Gasteiger charge is -2.17. The van der Waals surface area contributed by atoms with E-state index in [1.165, 1.54) is 23.8 Å². The van der Waals surface area contributed by atoms with E-state index < -0.39 is 29.2 Å². The Morgan fingerprint density at radius 2 is 1.92 bits per heavy atom. The third-order valence-corrected chi connectivity index (χ3v) is 3.76. The molecule has 1 unspecified atom stereocenters. The molecule has 1 aromatic heterocycles. The molecule has 24 heavy (non-hydrogen) atoms. The number of nitrogens with one attached hydrogen (secondary N) is 1.